The summed E-state index contributed by atoms with van der Waals surface area (Å²) < 4.78 is 5.46. The lowest BCUT2D eigenvalue weighted by atomic mass is 10.0. The van der Waals surface area contributed by atoms with Crippen molar-refractivity contribution in [2.75, 3.05) is 13.2 Å². The van der Waals surface area contributed by atoms with Gasteiger partial charge >= 0.3 is 0 Å². The first-order chi connectivity index (χ1) is 10.1. The lowest BCUT2D eigenvalue weighted by Crippen LogP contribution is -2.33. The number of amidine groups is 1. The summed E-state index contributed by atoms with van der Waals surface area (Å²) in [5.74, 6) is 0.206. The molecule has 0 aliphatic heterocycles. The maximum Gasteiger partial charge on any atom is 0.257 e. The molecule has 1 fully saturated rings. The fourth-order valence-corrected chi connectivity index (χ4v) is 2.17. The number of ether oxygens (including phenoxy) is 1. The summed E-state index contributed by atoms with van der Waals surface area (Å²) in [6.45, 7) is 2.76. The monoisotopic (exact) mass is 291 g/mol. The van der Waals surface area contributed by atoms with Gasteiger partial charge in [0.1, 0.15) is 5.75 Å². The average Bonchev–Trinajstić information content (AvgIpc) is 3.31. The highest BCUT2D eigenvalue weighted by atomic mass is 16.5. The van der Waals surface area contributed by atoms with Gasteiger partial charge in [-0.05, 0) is 36.8 Å². The maximum atomic E-state index is 11.8. The van der Waals surface area contributed by atoms with Gasteiger partial charge in [0.15, 0.2) is 12.4 Å². The minimum absolute atomic E-state index is 0.0473. The highest BCUT2D eigenvalue weighted by Crippen LogP contribution is 2.47. The van der Waals surface area contributed by atoms with E-state index in [1.54, 1.807) is 24.3 Å². The van der Waals surface area contributed by atoms with Crippen molar-refractivity contribution in [1.82, 2.24) is 5.32 Å². The minimum atomic E-state index is -0.163. The van der Waals surface area contributed by atoms with Crippen LogP contribution in [0.4, 0.5) is 0 Å². The Hall–Kier alpha value is -2.24. The van der Waals surface area contributed by atoms with E-state index < -0.39 is 0 Å². The molecule has 0 unspecified atom stereocenters. The molecule has 1 aliphatic rings. The predicted molar refractivity (Wildman–Crippen MR) is 79.4 cm³/mol. The molecule has 0 radical (unpaired) electrons. The number of nitrogens with one attached hydrogen (secondary N) is 1. The van der Waals surface area contributed by atoms with Crippen LogP contribution >= 0.6 is 0 Å². The Morgan fingerprint density at radius 2 is 2.19 bits per heavy atom. The zero-order valence-corrected chi connectivity index (χ0v) is 12.1. The van der Waals surface area contributed by atoms with Gasteiger partial charge in [0.2, 0.25) is 0 Å². The Morgan fingerprint density at radius 3 is 2.81 bits per heavy atom. The minimum Gasteiger partial charge on any atom is -0.483 e. The second-order valence-corrected chi connectivity index (χ2v) is 5.40. The summed E-state index contributed by atoms with van der Waals surface area (Å²) >= 11 is 0. The summed E-state index contributed by atoms with van der Waals surface area (Å²) in [7, 11) is 0. The molecular weight excluding hydrogens is 270 g/mol. The summed E-state index contributed by atoms with van der Waals surface area (Å²) in [4.78, 5) is 11.8. The van der Waals surface area contributed by atoms with E-state index in [9.17, 15) is 4.79 Å². The Balaban J connectivity index is 1.87. The maximum absolute atomic E-state index is 11.8. The van der Waals surface area contributed by atoms with E-state index in [0.29, 0.717) is 23.3 Å². The lowest BCUT2D eigenvalue weighted by Gasteiger charge is -2.14. The van der Waals surface area contributed by atoms with Crippen molar-refractivity contribution < 1.29 is 14.7 Å². The smallest absolute Gasteiger partial charge is 0.257 e. The van der Waals surface area contributed by atoms with Gasteiger partial charge in [-0.2, -0.15) is 0 Å². The molecule has 1 aromatic rings. The van der Waals surface area contributed by atoms with Crippen molar-refractivity contribution in [3.8, 4) is 5.75 Å². The van der Waals surface area contributed by atoms with Gasteiger partial charge in [0, 0.05) is 6.54 Å². The van der Waals surface area contributed by atoms with Crippen LogP contribution in [0.15, 0.2) is 29.4 Å². The Labute approximate surface area is 124 Å². The molecule has 0 atom stereocenters. The van der Waals surface area contributed by atoms with E-state index in [2.05, 4.69) is 17.4 Å². The third-order valence-electron chi connectivity index (χ3n) is 4.00. The van der Waals surface area contributed by atoms with E-state index in [1.165, 1.54) is 12.8 Å². The highest BCUT2D eigenvalue weighted by Gasteiger charge is 2.40. The summed E-state index contributed by atoms with van der Waals surface area (Å²) in [6, 6.07) is 6.85. The van der Waals surface area contributed by atoms with E-state index in [1.807, 2.05) is 0 Å². The van der Waals surface area contributed by atoms with Gasteiger partial charge in [0.05, 0.1) is 5.56 Å². The first-order valence-corrected chi connectivity index (χ1v) is 7.06. The third-order valence-corrected chi connectivity index (χ3v) is 4.00. The standard InChI is InChI=1S/C15H21N3O3/c1-2-15(7-8-15)10-17-13(19)9-21-12-6-4-3-5-11(12)14(16)18-20/h3-6,20H,2,7-10H2,1H3,(H2,16,18)(H,17,19). The van der Waals surface area contributed by atoms with Gasteiger partial charge in [-0.3, -0.25) is 4.79 Å². The second-order valence-electron chi connectivity index (χ2n) is 5.40. The average molecular weight is 291 g/mol. The fraction of sp³-hybridized carbons (Fsp3) is 0.467. The van der Waals surface area contributed by atoms with Gasteiger partial charge in [-0.25, -0.2) is 0 Å². The molecule has 6 heteroatoms. The first-order valence-electron chi connectivity index (χ1n) is 7.06. The number of para-hydroxylation sites is 1. The number of carbonyl (C=O) groups is 1. The lowest BCUT2D eigenvalue weighted by molar-refractivity contribution is -0.123. The Kier molecular flexibility index (Phi) is 4.67. The summed E-state index contributed by atoms with van der Waals surface area (Å²) in [5.41, 5.74) is 6.33. The molecular formula is C15H21N3O3. The van der Waals surface area contributed by atoms with Crippen LogP contribution in [-0.2, 0) is 4.79 Å². The number of hydrogen-bond donors (Lipinski definition) is 3. The van der Waals surface area contributed by atoms with Crippen LogP contribution in [-0.4, -0.2) is 30.1 Å². The Bertz CT molecular complexity index is 539. The molecule has 21 heavy (non-hydrogen) atoms. The molecule has 0 saturated heterocycles. The topological polar surface area (TPSA) is 96.9 Å². The third kappa shape index (κ3) is 3.87. The van der Waals surface area contributed by atoms with Crippen molar-refractivity contribution in [3.05, 3.63) is 29.8 Å². The number of nitrogens with zero attached hydrogens (tertiary/aromatic N) is 1. The van der Waals surface area contributed by atoms with E-state index in [-0.39, 0.29) is 18.3 Å². The number of hydrogen-bond acceptors (Lipinski definition) is 4. The molecule has 1 amide bonds. The molecule has 0 aromatic heterocycles. The fourth-order valence-electron chi connectivity index (χ4n) is 2.17. The van der Waals surface area contributed by atoms with Gasteiger partial charge < -0.3 is 21.0 Å². The van der Waals surface area contributed by atoms with Crippen LogP contribution in [0.2, 0.25) is 0 Å². The molecule has 114 valence electrons. The van der Waals surface area contributed by atoms with Crippen LogP contribution in [0.1, 0.15) is 31.7 Å². The molecule has 1 aromatic carbocycles. The largest absolute Gasteiger partial charge is 0.483 e. The van der Waals surface area contributed by atoms with Crippen LogP contribution in [0.25, 0.3) is 0 Å². The quantitative estimate of drug-likeness (QED) is 0.307. The van der Waals surface area contributed by atoms with Crippen LogP contribution in [0, 0.1) is 5.41 Å². The molecule has 4 N–H and O–H groups in total. The second kappa shape index (κ2) is 6.47. The Morgan fingerprint density at radius 1 is 1.48 bits per heavy atom. The number of oxime groups is 1. The normalized spacial score (nSPS) is 16.3. The van der Waals surface area contributed by atoms with E-state index in [4.69, 9.17) is 15.7 Å². The van der Waals surface area contributed by atoms with Gasteiger partial charge in [-0.15, -0.1) is 0 Å². The molecule has 0 spiro atoms. The number of carbonyl (C=O) groups excluding carboxylic acids is 1. The SMILES string of the molecule is CCC1(CNC(=O)COc2ccccc2/C(N)=N/O)CC1. The van der Waals surface area contributed by atoms with Crippen LogP contribution < -0.4 is 15.8 Å². The van der Waals surface area contributed by atoms with Gasteiger partial charge in [-0.1, -0.05) is 24.2 Å². The molecule has 2 rings (SSSR count). The van der Waals surface area contributed by atoms with Crippen molar-refractivity contribution in [2.45, 2.75) is 26.2 Å². The summed E-state index contributed by atoms with van der Waals surface area (Å²) in [6.07, 6.45) is 3.44. The van der Waals surface area contributed by atoms with Crippen molar-refractivity contribution in [1.29, 1.82) is 0 Å². The zero-order chi connectivity index (χ0) is 15.3. The summed E-state index contributed by atoms with van der Waals surface area (Å²) in [5, 5.41) is 14.6. The number of rotatable bonds is 7. The molecule has 0 bridgehead atoms. The van der Waals surface area contributed by atoms with Crippen molar-refractivity contribution in [2.24, 2.45) is 16.3 Å². The first kappa shape index (κ1) is 15.2. The number of amides is 1. The van der Waals surface area contributed by atoms with Gasteiger partial charge in [0.25, 0.3) is 5.91 Å². The van der Waals surface area contributed by atoms with Crippen molar-refractivity contribution in [3.63, 3.8) is 0 Å². The van der Waals surface area contributed by atoms with Crippen molar-refractivity contribution >= 4 is 11.7 Å². The van der Waals surface area contributed by atoms with Crippen LogP contribution in [0.5, 0.6) is 5.75 Å². The molecule has 1 aliphatic carbocycles. The zero-order valence-electron chi connectivity index (χ0n) is 12.1. The van der Waals surface area contributed by atoms with E-state index in [0.717, 1.165) is 6.42 Å². The molecule has 6 nitrogen and oxygen atoms in total. The predicted octanol–water partition coefficient (Wildman–Crippen LogP) is 1.47. The number of benzene rings is 1. The molecule has 1 saturated carbocycles. The number of nitrogens with two attached hydrogens (primary N) is 1. The van der Waals surface area contributed by atoms with Crippen LogP contribution in [0.3, 0.4) is 0 Å². The van der Waals surface area contributed by atoms with E-state index >= 15 is 0 Å². The highest BCUT2D eigenvalue weighted by molar-refractivity contribution is 5.99. The molecule has 0 heterocycles.